The van der Waals surface area contributed by atoms with Crippen molar-refractivity contribution < 1.29 is 19.1 Å². The van der Waals surface area contributed by atoms with Gasteiger partial charge in [-0.05, 0) is 23.8 Å². The van der Waals surface area contributed by atoms with Gasteiger partial charge in [0.15, 0.2) is 6.61 Å². The summed E-state index contributed by atoms with van der Waals surface area (Å²) < 4.78 is 10.5. The normalized spacial score (nSPS) is 10.5. The molecule has 1 aromatic carbocycles. The molecule has 0 spiro atoms. The van der Waals surface area contributed by atoms with Crippen LogP contribution in [-0.4, -0.2) is 38.7 Å². The summed E-state index contributed by atoms with van der Waals surface area (Å²) in [7, 11) is 1.54. The Morgan fingerprint density at radius 1 is 1.40 bits per heavy atom. The number of ether oxygens (including phenoxy) is 2. The van der Waals surface area contributed by atoms with Crippen LogP contribution in [0.25, 0.3) is 6.08 Å². The lowest BCUT2D eigenvalue weighted by atomic mass is 10.2. The minimum absolute atomic E-state index is 0.300. The summed E-state index contributed by atoms with van der Waals surface area (Å²) in [4.78, 5) is 22.7. The van der Waals surface area contributed by atoms with Crippen LogP contribution in [-0.2, 0) is 19.1 Å². The van der Waals surface area contributed by atoms with Gasteiger partial charge in [0.05, 0.1) is 6.61 Å². The fourth-order valence-electron chi connectivity index (χ4n) is 1.30. The third kappa shape index (κ3) is 7.06. The summed E-state index contributed by atoms with van der Waals surface area (Å²) in [6, 6.07) is 7.46. The summed E-state index contributed by atoms with van der Waals surface area (Å²) >= 11 is 3.34. The lowest BCUT2D eigenvalue weighted by molar-refractivity contribution is -0.143. The van der Waals surface area contributed by atoms with Gasteiger partial charge in [-0.15, -0.1) is 0 Å². The van der Waals surface area contributed by atoms with Crippen molar-refractivity contribution in [2.24, 2.45) is 0 Å². The number of hydrogen-bond acceptors (Lipinski definition) is 4. The van der Waals surface area contributed by atoms with E-state index in [1.807, 2.05) is 24.3 Å². The number of esters is 1. The molecule has 108 valence electrons. The van der Waals surface area contributed by atoms with Crippen LogP contribution in [0, 0.1) is 0 Å². The number of carbonyl (C=O) groups excluding carboxylic acids is 2. The first kappa shape index (κ1) is 16.4. The van der Waals surface area contributed by atoms with Gasteiger partial charge in [0.1, 0.15) is 0 Å². The Labute approximate surface area is 126 Å². The molecular weight excluding hydrogens is 326 g/mol. The van der Waals surface area contributed by atoms with E-state index in [1.54, 1.807) is 13.2 Å². The zero-order valence-corrected chi connectivity index (χ0v) is 12.7. The molecule has 20 heavy (non-hydrogen) atoms. The van der Waals surface area contributed by atoms with E-state index < -0.39 is 5.97 Å². The van der Waals surface area contributed by atoms with Gasteiger partial charge in [0.2, 0.25) is 0 Å². The average molecular weight is 342 g/mol. The summed E-state index contributed by atoms with van der Waals surface area (Å²) in [6.07, 6.45) is 2.90. The summed E-state index contributed by atoms with van der Waals surface area (Å²) in [5.41, 5.74) is 0.862. The molecule has 0 saturated heterocycles. The van der Waals surface area contributed by atoms with Gasteiger partial charge in [-0.3, -0.25) is 4.79 Å². The van der Waals surface area contributed by atoms with E-state index in [-0.39, 0.29) is 12.5 Å². The monoisotopic (exact) mass is 341 g/mol. The van der Waals surface area contributed by atoms with Crippen LogP contribution in [0.3, 0.4) is 0 Å². The predicted octanol–water partition coefficient (Wildman–Crippen LogP) is 1.77. The van der Waals surface area contributed by atoms with Gasteiger partial charge in [-0.2, -0.15) is 0 Å². The zero-order chi connectivity index (χ0) is 14.8. The Morgan fingerprint density at radius 3 is 2.90 bits per heavy atom. The van der Waals surface area contributed by atoms with Crippen LogP contribution in [0.4, 0.5) is 0 Å². The largest absolute Gasteiger partial charge is 0.452 e. The van der Waals surface area contributed by atoms with Crippen LogP contribution in [0.5, 0.6) is 0 Å². The van der Waals surface area contributed by atoms with E-state index in [2.05, 4.69) is 21.2 Å². The van der Waals surface area contributed by atoms with Gasteiger partial charge in [0, 0.05) is 24.2 Å². The maximum Gasteiger partial charge on any atom is 0.331 e. The van der Waals surface area contributed by atoms with Crippen LogP contribution in [0.2, 0.25) is 0 Å². The van der Waals surface area contributed by atoms with E-state index in [0.717, 1.165) is 10.0 Å². The molecular formula is C14H16BrNO4. The number of nitrogens with one attached hydrogen (secondary N) is 1. The van der Waals surface area contributed by atoms with Crippen molar-refractivity contribution in [3.05, 3.63) is 40.4 Å². The van der Waals surface area contributed by atoms with Gasteiger partial charge >= 0.3 is 5.97 Å². The molecule has 0 aromatic heterocycles. The molecule has 1 rings (SSSR count). The van der Waals surface area contributed by atoms with Crippen molar-refractivity contribution in [3.8, 4) is 0 Å². The van der Waals surface area contributed by atoms with Crippen molar-refractivity contribution in [2.75, 3.05) is 26.9 Å². The molecule has 0 unspecified atom stereocenters. The molecule has 0 atom stereocenters. The summed E-state index contributed by atoms with van der Waals surface area (Å²) in [5, 5.41) is 2.55. The van der Waals surface area contributed by atoms with Crippen LogP contribution < -0.4 is 5.32 Å². The number of benzene rings is 1. The minimum Gasteiger partial charge on any atom is -0.452 e. The van der Waals surface area contributed by atoms with E-state index in [1.165, 1.54) is 6.08 Å². The van der Waals surface area contributed by atoms with Gasteiger partial charge in [-0.25, -0.2) is 4.79 Å². The molecule has 1 amide bonds. The average Bonchev–Trinajstić information content (AvgIpc) is 2.43. The second-order valence-electron chi connectivity index (χ2n) is 3.84. The number of halogens is 1. The standard InChI is InChI=1S/C14H16BrNO4/c1-19-8-7-16-13(17)10-20-14(18)6-5-11-3-2-4-12(15)9-11/h2-6,9H,7-8,10H2,1H3,(H,16,17)/b6-5+. The molecule has 0 radical (unpaired) electrons. The molecule has 5 nitrogen and oxygen atoms in total. The van der Waals surface area contributed by atoms with Crippen molar-refractivity contribution in [1.82, 2.24) is 5.32 Å². The highest BCUT2D eigenvalue weighted by atomic mass is 79.9. The van der Waals surface area contributed by atoms with Crippen LogP contribution >= 0.6 is 15.9 Å². The second kappa shape index (κ2) is 9.28. The van der Waals surface area contributed by atoms with E-state index in [0.29, 0.717) is 13.2 Å². The highest BCUT2D eigenvalue weighted by Gasteiger charge is 2.04. The predicted molar refractivity (Wildman–Crippen MR) is 79.0 cm³/mol. The molecule has 1 N–H and O–H groups in total. The highest BCUT2D eigenvalue weighted by molar-refractivity contribution is 9.10. The molecule has 0 aliphatic heterocycles. The Bertz CT molecular complexity index is 488. The number of carbonyl (C=O) groups is 2. The maximum atomic E-state index is 11.4. The summed E-state index contributed by atoms with van der Waals surface area (Å²) in [6.45, 7) is 0.509. The van der Waals surface area contributed by atoms with E-state index in [4.69, 9.17) is 9.47 Å². The van der Waals surface area contributed by atoms with Gasteiger partial charge < -0.3 is 14.8 Å². The Morgan fingerprint density at radius 2 is 2.20 bits per heavy atom. The molecule has 1 aromatic rings. The molecule has 0 heterocycles. The third-order valence-electron chi connectivity index (χ3n) is 2.23. The number of rotatable bonds is 7. The van der Waals surface area contributed by atoms with Crippen molar-refractivity contribution >= 4 is 33.9 Å². The number of amides is 1. The van der Waals surface area contributed by atoms with Crippen molar-refractivity contribution in [3.63, 3.8) is 0 Å². The zero-order valence-electron chi connectivity index (χ0n) is 11.1. The van der Waals surface area contributed by atoms with Crippen molar-refractivity contribution in [2.45, 2.75) is 0 Å². The van der Waals surface area contributed by atoms with E-state index in [9.17, 15) is 9.59 Å². The lowest BCUT2D eigenvalue weighted by Crippen LogP contribution is -2.31. The first-order valence-electron chi connectivity index (χ1n) is 5.98. The molecule has 0 bridgehead atoms. The van der Waals surface area contributed by atoms with Crippen LogP contribution in [0.15, 0.2) is 34.8 Å². The maximum absolute atomic E-state index is 11.4. The smallest absolute Gasteiger partial charge is 0.331 e. The molecule has 0 aliphatic carbocycles. The van der Waals surface area contributed by atoms with Gasteiger partial charge in [0.25, 0.3) is 5.91 Å². The second-order valence-corrected chi connectivity index (χ2v) is 4.75. The number of hydrogen-bond donors (Lipinski definition) is 1. The Kier molecular flexibility index (Phi) is 7.60. The quantitative estimate of drug-likeness (QED) is 0.466. The molecule has 0 saturated carbocycles. The van der Waals surface area contributed by atoms with Crippen LogP contribution in [0.1, 0.15) is 5.56 Å². The Hall–Kier alpha value is -1.66. The van der Waals surface area contributed by atoms with Crippen molar-refractivity contribution in [1.29, 1.82) is 0 Å². The molecule has 0 aliphatic rings. The molecule has 6 heteroatoms. The Balaban J connectivity index is 2.31. The lowest BCUT2D eigenvalue weighted by Gasteiger charge is -2.04. The minimum atomic E-state index is -0.563. The number of methoxy groups -OCH3 is 1. The van der Waals surface area contributed by atoms with Gasteiger partial charge in [-0.1, -0.05) is 28.1 Å². The topological polar surface area (TPSA) is 64.6 Å². The highest BCUT2D eigenvalue weighted by Crippen LogP contribution is 2.12. The fraction of sp³-hybridized carbons (Fsp3) is 0.286. The fourth-order valence-corrected chi connectivity index (χ4v) is 1.72. The SMILES string of the molecule is COCCNC(=O)COC(=O)/C=C/c1cccc(Br)c1. The first-order chi connectivity index (χ1) is 9.61. The van der Waals surface area contributed by atoms with E-state index >= 15 is 0 Å². The first-order valence-corrected chi connectivity index (χ1v) is 6.77. The third-order valence-corrected chi connectivity index (χ3v) is 2.73. The molecule has 0 fully saturated rings. The summed E-state index contributed by atoms with van der Waals surface area (Å²) in [5.74, 6) is -0.918.